The molecule has 2 aromatic rings. The standard InChI is InChI=1S/C14H13N3O3/c1-20-11-5-2-9(3-6-11)16-17-10-4-7-13(18)12(8-10)14(15)19/h2-8,18H,1H3,(H2,15,19)/b17-16+. The largest absolute Gasteiger partial charge is 0.507 e. The molecule has 2 rings (SSSR count). The molecule has 0 aliphatic heterocycles. The number of hydrogen-bond acceptors (Lipinski definition) is 5. The molecule has 0 heterocycles. The van der Waals surface area contributed by atoms with Gasteiger partial charge >= 0.3 is 0 Å². The van der Waals surface area contributed by atoms with E-state index in [4.69, 9.17) is 10.5 Å². The lowest BCUT2D eigenvalue weighted by Gasteiger charge is -2.01. The molecule has 0 aliphatic rings. The monoisotopic (exact) mass is 271 g/mol. The highest BCUT2D eigenvalue weighted by molar-refractivity contribution is 5.96. The molecule has 20 heavy (non-hydrogen) atoms. The van der Waals surface area contributed by atoms with Crippen LogP contribution in [0.3, 0.4) is 0 Å². The Morgan fingerprint density at radius 3 is 2.30 bits per heavy atom. The third kappa shape index (κ3) is 3.11. The van der Waals surface area contributed by atoms with Gasteiger partial charge in [-0.2, -0.15) is 10.2 Å². The van der Waals surface area contributed by atoms with E-state index in [9.17, 15) is 9.90 Å². The average Bonchev–Trinajstić information content (AvgIpc) is 2.46. The fourth-order valence-electron chi connectivity index (χ4n) is 1.55. The van der Waals surface area contributed by atoms with Crippen molar-refractivity contribution in [1.29, 1.82) is 0 Å². The summed E-state index contributed by atoms with van der Waals surface area (Å²) >= 11 is 0. The Labute approximate surface area is 115 Å². The van der Waals surface area contributed by atoms with E-state index in [-0.39, 0.29) is 11.3 Å². The molecule has 3 N–H and O–H groups in total. The molecule has 0 unspecified atom stereocenters. The first-order valence-electron chi connectivity index (χ1n) is 5.79. The van der Waals surface area contributed by atoms with Gasteiger partial charge in [-0.05, 0) is 42.5 Å². The minimum Gasteiger partial charge on any atom is -0.507 e. The highest BCUT2D eigenvalue weighted by atomic mass is 16.5. The van der Waals surface area contributed by atoms with Crippen molar-refractivity contribution in [3.63, 3.8) is 0 Å². The van der Waals surface area contributed by atoms with Crippen molar-refractivity contribution in [1.82, 2.24) is 0 Å². The molecule has 0 radical (unpaired) electrons. The zero-order chi connectivity index (χ0) is 14.5. The van der Waals surface area contributed by atoms with Crippen LogP contribution in [0.25, 0.3) is 0 Å². The third-order valence-corrected chi connectivity index (χ3v) is 2.60. The maximum Gasteiger partial charge on any atom is 0.252 e. The van der Waals surface area contributed by atoms with E-state index >= 15 is 0 Å². The van der Waals surface area contributed by atoms with Crippen LogP contribution in [0.4, 0.5) is 11.4 Å². The summed E-state index contributed by atoms with van der Waals surface area (Å²) in [6.07, 6.45) is 0. The van der Waals surface area contributed by atoms with Gasteiger partial charge in [-0.1, -0.05) is 0 Å². The molecular weight excluding hydrogens is 258 g/mol. The summed E-state index contributed by atoms with van der Waals surface area (Å²) in [6.45, 7) is 0. The van der Waals surface area contributed by atoms with E-state index in [1.165, 1.54) is 18.2 Å². The van der Waals surface area contributed by atoms with Crippen molar-refractivity contribution in [2.24, 2.45) is 16.0 Å². The molecule has 0 aliphatic carbocycles. The fourth-order valence-corrected chi connectivity index (χ4v) is 1.55. The molecule has 0 saturated carbocycles. The van der Waals surface area contributed by atoms with Crippen LogP contribution in [0.5, 0.6) is 11.5 Å². The number of aromatic hydroxyl groups is 1. The van der Waals surface area contributed by atoms with Crippen LogP contribution in [0.15, 0.2) is 52.7 Å². The second-order valence-electron chi connectivity index (χ2n) is 3.96. The maximum atomic E-state index is 11.1. The predicted octanol–water partition coefficient (Wildman–Crippen LogP) is 2.92. The lowest BCUT2D eigenvalue weighted by atomic mass is 10.2. The minimum absolute atomic E-state index is 0.0104. The number of nitrogens with zero attached hydrogens (tertiary/aromatic N) is 2. The van der Waals surface area contributed by atoms with Gasteiger partial charge < -0.3 is 15.6 Å². The third-order valence-electron chi connectivity index (χ3n) is 2.60. The van der Waals surface area contributed by atoms with Crippen LogP contribution in [-0.4, -0.2) is 18.1 Å². The van der Waals surface area contributed by atoms with Crippen molar-refractivity contribution in [3.8, 4) is 11.5 Å². The number of primary amides is 1. The Hall–Kier alpha value is -2.89. The summed E-state index contributed by atoms with van der Waals surface area (Å²) in [5.41, 5.74) is 6.21. The Morgan fingerprint density at radius 1 is 1.10 bits per heavy atom. The van der Waals surface area contributed by atoms with Gasteiger partial charge in [-0.15, -0.1) is 0 Å². The molecule has 6 nitrogen and oxygen atoms in total. The zero-order valence-corrected chi connectivity index (χ0v) is 10.8. The van der Waals surface area contributed by atoms with Crippen molar-refractivity contribution >= 4 is 17.3 Å². The number of rotatable bonds is 4. The smallest absolute Gasteiger partial charge is 0.252 e. The summed E-state index contributed by atoms with van der Waals surface area (Å²) in [7, 11) is 1.58. The number of benzene rings is 2. The Balaban J connectivity index is 2.22. The number of ether oxygens (including phenoxy) is 1. The molecule has 0 fully saturated rings. The lowest BCUT2D eigenvalue weighted by Crippen LogP contribution is -2.10. The van der Waals surface area contributed by atoms with Crippen LogP contribution >= 0.6 is 0 Å². The predicted molar refractivity (Wildman–Crippen MR) is 73.8 cm³/mol. The number of carbonyl (C=O) groups excluding carboxylic acids is 1. The van der Waals surface area contributed by atoms with Crippen LogP contribution in [0, 0.1) is 0 Å². The summed E-state index contributed by atoms with van der Waals surface area (Å²) in [6, 6.07) is 11.3. The van der Waals surface area contributed by atoms with E-state index in [0.717, 1.165) is 5.75 Å². The van der Waals surface area contributed by atoms with Gasteiger partial charge in [-0.3, -0.25) is 4.79 Å². The van der Waals surface area contributed by atoms with Gasteiger partial charge in [-0.25, -0.2) is 0 Å². The van der Waals surface area contributed by atoms with Gasteiger partial charge in [0, 0.05) is 0 Å². The number of azo groups is 1. The number of phenols is 1. The summed E-state index contributed by atoms with van der Waals surface area (Å²) in [4.78, 5) is 11.1. The van der Waals surface area contributed by atoms with Gasteiger partial charge in [0.2, 0.25) is 0 Å². The van der Waals surface area contributed by atoms with E-state index in [1.807, 2.05) is 0 Å². The first-order chi connectivity index (χ1) is 9.60. The number of amides is 1. The first kappa shape index (κ1) is 13.5. The molecule has 2 aromatic carbocycles. The summed E-state index contributed by atoms with van der Waals surface area (Å²) in [5.74, 6) is -0.172. The Bertz CT molecular complexity index is 651. The van der Waals surface area contributed by atoms with E-state index in [0.29, 0.717) is 11.4 Å². The molecular formula is C14H13N3O3. The van der Waals surface area contributed by atoms with Crippen LogP contribution in [-0.2, 0) is 0 Å². The molecule has 6 heteroatoms. The van der Waals surface area contributed by atoms with E-state index < -0.39 is 5.91 Å². The highest BCUT2D eigenvalue weighted by Gasteiger charge is 2.07. The number of nitrogens with two attached hydrogens (primary N) is 1. The van der Waals surface area contributed by atoms with Crippen LogP contribution < -0.4 is 10.5 Å². The van der Waals surface area contributed by atoms with Gasteiger partial charge in [0.15, 0.2) is 0 Å². The average molecular weight is 271 g/mol. The maximum absolute atomic E-state index is 11.1. The van der Waals surface area contributed by atoms with Crippen molar-refractivity contribution in [3.05, 3.63) is 48.0 Å². The quantitative estimate of drug-likeness (QED) is 0.836. The molecule has 0 bridgehead atoms. The van der Waals surface area contributed by atoms with Gasteiger partial charge in [0.1, 0.15) is 11.5 Å². The Morgan fingerprint density at radius 2 is 1.70 bits per heavy atom. The zero-order valence-electron chi connectivity index (χ0n) is 10.8. The topological polar surface area (TPSA) is 97.3 Å². The molecule has 1 amide bonds. The fraction of sp³-hybridized carbons (Fsp3) is 0.0714. The van der Waals surface area contributed by atoms with E-state index in [1.54, 1.807) is 31.4 Å². The SMILES string of the molecule is COc1ccc(/N=N/c2ccc(O)c(C(N)=O)c2)cc1. The summed E-state index contributed by atoms with van der Waals surface area (Å²) in [5, 5.41) is 17.5. The molecule has 102 valence electrons. The van der Waals surface area contributed by atoms with Crippen LogP contribution in [0.1, 0.15) is 10.4 Å². The number of carbonyl (C=O) groups is 1. The number of hydrogen-bond donors (Lipinski definition) is 2. The highest BCUT2D eigenvalue weighted by Crippen LogP contribution is 2.25. The minimum atomic E-state index is -0.719. The first-order valence-corrected chi connectivity index (χ1v) is 5.79. The van der Waals surface area contributed by atoms with Crippen molar-refractivity contribution in [2.45, 2.75) is 0 Å². The van der Waals surface area contributed by atoms with Crippen LogP contribution in [0.2, 0.25) is 0 Å². The molecule has 0 atom stereocenters. The van der Waals surface area contributed by atoms with Gasteiger partial charge in [0.05, 0.1) is 24.0 Å². The normalized spacial score (nSPS) is 10.7. The Kier molecular flexibility index (Phi) is 3.95. The molecule has 0 aromatic heterocycles. The second kappa shape index (κ2) is 5.83. The summed E-state index contributed by atoms with van der Waals surface area (Å²) < 4.78 is 5.04. The second-order valence-corrected chi connectivity index (χ2v) is 3.96. The van der Waals surface area contributed by atoms with Gasteiger partial charge in [0.25, 0.3) is 5.91 Å². The van der Waals surface area contributed by atoms with Crippen molar-refractivity contribution in [2.75, 3.05) is 7.11 Å². The molecule has 0 spiro atoms. The van der Waals surface area contributed by atoms with Crippen molar-refractivity contribution < 1.29 is 14.6 Å². The lowest BCUT2D eigenvalue weighted by molar-refractivity contribution is 0.0998. The van der Waals surface area contributed by atoms with E-state index in [2.05, 4.69) is 10.2 Å². The number of methoxy groups -OCH3 is 1. The molecule has 0 saturated heterocycles.